The summed E-state index contributed by atoms with van der Waals surface area (Å²) in [6.07, 6.45) is 6.09. The topological polar surface area (TPSA) is 38.0 Å². The Labute approximate surface area is 118 Å². The van der Waals surface area contributed by atoms with Crippen LogP contribution in [0.3, 0.4) is 0 Å². The molecule has 0 heterocycles. The number of rotatable bonds is 5. The molecule has 18 heavy (non-hydrogen) atoms. The van der Waals surface area contributed by atoms with Gasteiger partial charge in [0.15, 0.2) is 0 Å². The molecule has 3 N–H and O–H groups in total. The number of halogens is 1. The molecule has 0 unspecified atom stereocenters. The Morgan fingerprint density at radius 1 is 1.17 bits per heavy atom. The highest BCUT2D eigenvalue weighted by Gasteiger charge is 2.17. The minimum absolute atomic E-state index is 0.460. The Kier molecular flexibility index (Phi) is 5.67. The van der Waals surface area contributed by atoms with Crippen molar-refractivity contribution in [2.24, 2.45) is 11.7 Å². The minimum Gasteiger partial charge on any atom is -0.328 e. The predicted octanol–water partition coefficient (Wildman–Crippen LogP) is 3.10. The molecule has 2 nitrogen and oxygen atoms in total. The van der Waals surface area contributed by atoms with Crippen LogP contribution >= 0.6 is 15.9 Å². The van der Waals surface area contributed by atoms with E-state index in [2.05, 4.69) is 45.5 Å². The van der Waals surface area contributed by atoms with Crippen LogP contribution in [0, 0.1) is 5.92 Å². The zero-order valence-electron chi connectivity index (χ0n) is 10.9. The van der Waals surface area contributed by atoms with E-state index in [9.17, 15) is 0 Å². The van der Waals surface area contributed by atoms with Crippen molar-refractivity contribution in [2.75, 3.05) is 13.1 Å². The second-order valence-electron chi connectivity index (χ2n) is 5.33. The van der Waals surface area contributed by atoms with E-state index in [1.165, 1.54) is 35.7 Å². The molecular formula is C15H23BrN2. The van der Waals surface area contributed by atoms with Crippen LogP contribution in [-0.2, 0) is 6.42 Å². The van der Waals surface area contributed by atoms with Crippen molar-refractivity contribution in [3.8, 4) is 0 Å². The largest absolute Gasteiger partial charge is 0.328 e. The Bertz CT molecular complexity index is 359. The Morgan fingerprint density at radius 2 is 1.89 bits per heavy atom. The highest BCUT2D eigenvalue weighted by Crippen LogP contribution is 2.22. The molecule has 1 aromatic carbocycles. The Hall–Kier alpha value is -0.380. The zero-order valence-corrected chi connectivity index (χ0v) is 12.5. The first-order chi connectivity index (χ1) is 8.75. The van der Waals surface area contributed by atoms with Gasteiger partial charge in [0.2, 0.25) is 0 Å². The monoisotopic (exact) mass is 310 g/mol. The van der Waals surface area contributed by atoms with E-state index in [0.717, 1.165) is 25.4 Å². The van der Waals surface area contributed by atoms with Crippen LogP contribution < -0.4 is 11.1 Å². The van der Waals surface area contributed by atoms with E-state index in [-0.39, 0.29) is 0 Å². The summed E-state index contributed by atoms with van der Waals surface area (Å²) < 4.78 is 1.22. The SMILES string of the molecule is NC1CCC(CNCCc2ccccc2Br)CC1. The molecule has 0 aliphatic heterocycles. The molecule has 1 fully saturated rings. The fourth-order valence-corrected chi connectivity index (χ4v) is 3.11. The van der Waals surface area contributed by atoms with Crippen LogP contribution in [0.1, 0.15) is 31.2 Å². The van der Waals surface area contributed by atoms with Gasteiger partial charge in [0.1, 0.15) is 0 Å². The van der Waals surface area contributed by atoms with Crippen molar-refractivity contribution >= 4 is 15.9 Å². The maximum absolute atomic E-state index is 5.92. The third kappa shape index (κ3) is 4.38. The molecule has 3 heteroatoms. The standard InChI is InChI=1S/C15H23BrN2/c16-15-4-2-1-3-13(15)9-10-18-11-12-5-7-14(17)8-6-12/h1-4,12,14,18H,5-11,17H2. The van der Waals surface area contributed by atoms with Crippen molar-refractivity contribution < 1.29 is 0 Å². The first-order valence-electron chi connectivity index (χ1n) is 6.95. The van der Waals surface area contributed by atoms with Gasteiger partial charge in [-0.1, -0.05) is 34.1 Å². The molecule has 0 aromatic heterocycles. The van der Waals surface area contributed by atoms with Crippen molar-refractivity contribution in [1.29, 1.82) is 0 Å². The Morgan fingerprint density at radius 3 is 2.61 bits per heavy atom. The van der Waals surface area contributed by atoms with E-state index in [4.69, 9.17) is 5.73 Å². The number of benzene rings is 1. The molecular weight excluding hydrogens is 288 g/mol. The summed E-state index contributed by atoms with van der Waals surface area (Å²) in [6, 6.07) is 8.92. The predicted molar refractivity (Wildman–Crippen MR) is 80.6 cm³/mol. The molecule has 0 radical (unpaired) electrons. The van der Waals surface area contributed by atoms with E-state index in [1.807, 2.05) is 0 Å². The molecule has 0 atom stereocenters. The third-order valence-electron chi connectivity index (χ3n) is 3.85. The van der Waals surface area contributed by atoms with Crippen molar-refractivity contribution in [2.45, 2.75) is 38.1 Å². The molecule has 1 aliphatic rings. The molecule has 1 aliphatic carbocycles. The molecule has 0 amide bonds. The number of nitrogens with one attached hydrogen (secondary N) is 1. The van der Waals surface area contributed by atoms with Gasteiger partial charge in [-0.05, 0) is 62.7 Å². The van der Waals surface area contributed by atoms with Crippen molar-refractivity contribution in [3.63, 3.8) is 0 Å². The lowest BCUT2D eigenvalue weighted by atomic mass is 9.86. The van der Waals surface area contributed by atoms with Crippen molar-refractivity contribution in [1.82, 2.24) is 5.32 Å². The van der Waals surface area contributed by atoms with Crippen LogP contribution in [0.5, 0.6) is 0 Å². The third-order valence-corrected chi connectivity index (χ3v) is 4.63. The molecule has 0 bridgehead atoms. The smallest absolute Gasteiger partial charge is 0.0207 e. The molecule has 0 spiro atoms. The average molecular weight is 311 g/mol. The summed E-state index contributed by atoms with van der Waals surface area (Å²) in [5, 5.41) is 3.58. The fourth-order valence-electron chi connectivity index (χ4n) is 2.62. The van der Waals surface area contributed by atoms with Gasteiger partial charge in [0.05, 0.1) is 0 Å². The second kappa shape index (κ2) is 7.27. The van der Waals surface area contributed by atoms with E-state index < -0.39 is 0 Å². The van der Waals surface area contributed by atoms with Crippen LogP contribution in [-0.4, -0.2) is 19.1 Å². The first kappa shape index (κ1) is 14.0. The average Bonchev–Trinajstić information content (AvgIpc) is 2.39. The molecule has 1 aromatic rings. The van der Waals surface area contributed by atoms with Gasteiger partial charge in [0.25, 0.3) is 0 Å². The van der Waals surface area contributed by atoms with Gasteiger partial charge in [-0.2, -0.15) is 0 Å². The van der Waals surface area contributed by atoms with Gasteiger partial charge in [-0.3, -0.25) is 0 Å². The Balaban J connectivity index is 1.63. The zero-order chi connectivity index (χ0) is 12.8. The lowest BCUT2D eigenvalue weighted by molar-refractivity contribution is 0.315. The van der Waals surface area contributed by atoms with Crippen LogP contribution in [0.25, 0.3) is 0 Å². The van der Waals surface area contributed by atoms with Gasteiger partial charge < -0.3 is 11.1 Å². The summed E-state index contributed by atoms with van der Waals surface area (Å²) >= 11 is 3.59. The molecule has 1 saturated carbocycles. The first-order valence-corrected chi connectivity index (χ1v) is 7.74. The molecule has 0 saturated heterocycles. The number of hydrogen-bond donors (Lipinski definition) is 2. The van der Waals surface area contributed by atoms with Gasteiger partial charge in [-0.15, -0.1) is 0 Å². The number of hydrogen-bond acceptors (Lipinski definition) is 2. The molecule has 2 rings (SSSR count). The van der Waals surface area contributed by atoms with Gasteiger partial charge in [-0.25, -0.2) is 0 Å². The van der Waals surface area contributed by atoms with Crippen molar-refractivity contribution in [3.05, 3.63) is 34.3 Å². The summed E-state index contributed by atoms with van der Waals surface area (Å²) in [4.78, 5) is 0. The summed E-state index contributed by atoms with van der Waals surface area (Å²) in [6.45, 7) is 2.21. The minimum atomic E-state index is 0.460. The maximum Gasteiger partial charge on any atom is 0.0207 e. The van der Waals surface area contributed by atoms with Gasteiger partial charge in [0, 0.05) is 10.5 Å². The van der Waals surface area contributed by atoms with E-state index in [1.54, 1.807) is 0 Å². The van der Waals surface area contributed by atoms with E-state index >= 15 is 0 Å². The lowest BCUT2D eigenvalue weighted by Crippen LogP contribution is -2.32. The second-order valence-corrected chi connectivity index (χ2v) is 6.18. The normalized spacial score (nSPS) is 24.1. The quantitative estimate of drug-likeness (QED) is 0.820. The number of nitrogens with two attached hydrogens (primary N) is 1. The summed E-state index contributed by atoms with van der Waals surface area (Å²) in [5.41, 5.74) is 7.30. The van der Waals surface area contributed by atoms with E-state index in [0.29, 0.717) is 6.04 Å². The summed E-state index contributed by atoms with van der Waals surface area (Å²) in [5.74, 6) is 0.837. The van der Waals surface area contributed by atoms with Gasteiger partial charge >= 0.3 is 0 Å². The highest BCUT2D eigenvalue weighted by atomic mass is 79.9. The maximum atomic E-state index is 5.92. The van der Waals surface area contributed by atoms with Crippen LogP contribution in [0.15, 0.2) is 28.7 Å². The summed E-state index contributed by atoms with van der Waals surface area (Å²) in [7, 11) is 0. The molecule has 100 valence electrons. The van der Waals surface area contributed by atoms with Crippen LogP contribution in [0.4, 0.5) is 0 Å². The lowest BCUT2D eigenvalue weighted by Gasteiger charge is -2.26. The fraction of sp³-hybridized carbons (Fsp3) is 0.600. The highest BCUT2D eigenvalue weighted by molar-refractivity contribution is 9.10. The van der Waals surface area contributed by atoms with Crippen LogP contribution in [0.2, 0.25) is 0 Å².